The Morgan fingerprint density at radius 3 is 2.65 bits per heavy atom. The lowest BCUT2D eigenvalue weighted by atomic mass is 10.1. The molecular weight excluding hydrogens is 292 g/mol. The van der Waals surface area contributed by atoms with Crippen LogP contribution in [-0.2, 0) is 4.74 Å². The molecule has 2 heterocycles. The lowest BCUT2D eigenvalue weighted by Crippen LogP contribution is -2.08. The molecule has 102 valence electrons. The zero-order valence-electron chi connectivity index (χ0n) is 11.1. The van der Waals surface area contributed by atoms with Crippen molar-refractivity contribution in [3.05, 3.63) is 57.8 Å². The van der Waals surface area contributed by atoms with Crippen molar-refractivity contribution in [2.75, 3.05) is 7.11 Å². The number of rotatable bonds is 3. The number of halogens is 1. The number of aromatic nitrogens is 2. The zero-order valence-corrected chi connectivity index (χ0v) is 12.7. The third-order valence-corrected chi connectivity index (χ3v) is 4.29. The van der Waals surface area contributed by atoms with Gasteiger partial charge in [-0.15, -0.1) is 11.3 Å². The summed E-state index contributed by atoms with van der Waals surface area (Å²) in [5, 5.41) is 1.38. The number of aryl methyl sites for hydroxylation is 1. The molecule has 0 amide bonds. The molecule has 3 aromatic rings. The Kier molecular flexibility index (Phi) is 3.70. The number of methoxy groups -OCH3 is 1. The smallest absolute Gasteiger partial charge is 0.165 e. The van der Waals surface area contributed by atoms with Crippen molar-refractivity contribution in [2.24, 2.45) is 0 Å². The van der Waals surface area contributed by atoms with Gasteiger partial charge >= 0.3 is 0 Å². The Bertz CT molecular complexity index is 742. The molecule has 0 bridgehead atoms. The second-order valence-corrected chi connectivity index (χ2v) is 6.07. The Balaban J connectivity index is 2.12. The molecule has 1 atom stereocenters. The second-order valence-electron chi connectivity index (χ2n) is 4.47. The molecule has 3 rings (SSSR count). The predicted octanol–water partition coefficient (Wildman–Crippen LogP) is 4.39. The van der Waals surface area contributed by atoms with Gasteiger partial charge in [0.05, 0.1) is 0 Å². The highest BCUT2D eigenvalue weighted by Crippen LogP contribution is 2.31. The largest absolute Gasteiger partial charge is 0.369 e. The quantitative estimate of drug-likeness (QED) is 0.673. The Morgan fingerprint density at radius 2 is 1.95 bits per heavy atom. The number of fused-ring (bicyclic) bond motifs is 1. The molecular formula is C15H13ClN2OS. The standard InChI is InChI=1S/C15H13ClN2OS/c1-9-8-11-13(16)17-14(18-15(11)20-9)12(19-2)10-6-4-3-5-7-10/h3-8,12H,1-2H3. The van der Waals surface area contributed by atoms with Crippen molar-refractivity contribution in [3.8, 4) is 0 Å². The van der Waals surface area contributed by atoms with Gasteiger partial charge in [-0.1, -0.05) is 41.9 Å². The minimum Gasteiger partial charge on any atom is -0.369 e. The molecule has 0 saturated heterocycles. The number of thiophene rings is 1. The van der Waals surface area contributed by atoms with Crippen LogP contribution in [-0.4, -0.2) is 17.1 Å². The number of hydrogen-bond donors (Lipinski definition) is 0. The monoisotopic (exact) mass is 304 g/mol. The van der Waals surface area contributed by atoms with Crippen LogP contribution in [0.25, 0.3) is 10.2 Å². The van der Waals surface area contributed by atoms with E-state index in [0.717, 1.165) is 15.8 Å². The fourth-order valence-corrected chi connectivity index (χ4v) is 3.33. The zero-order chi connectivity index (χ0) is 14.1. The van der Waals surface area contributed by atoms with Gasteiger partial charge in [-0.2, -0.15) is 0 Å². The predicted molar refractivity (Wildman–Crippen MR) is 82.5 cm³/mol. The van der Waals surface area contributed by atoms with Crippen LogP contribution in [0.1, 0.15) is 22.4 Å². The van der Waals surface area contributed by atoms with Crippen molar-refractivity contribution in [3.63, 3.8) is 0 Å². The average Bonchev–Trinajstić information content (AvgIpc) is 2.82. The van der Waals surface area contributed by atoms with E-state index in [0.29, 0.717) is 11.0 Å². The topological polar surface area (TPSA) is 35.0 Å². The lowest BCUT2D eigenvalue weighted by Gasteiger charge is -2.14. The molecule has 2 aromatic heterocycles. The highest BCUT2D eigenvalue weighted by Gasteiger charge is 2.19. The van der Waals surface area contributed by atoms with Crippen molar-refractivity contribution < 1.29 is 4.74 Å². The molecule has 20 heavy (non-hydrogen) atoms. The molecule has 3 nitrogen and oxygen atoms in total. The SMILES string of the molecule is COC(c1ccccc1)c1nc(Cl)c2cc(C)sc2n1. The van der Waals surface area contributed by atoms with Crippen LogP contribution in [0.2, 0.25) is 5.15 Å². The van der Waals surface area contributed by atoms with E-state index >= 15 is 0 Å². The van der Waals surface area contributed by atoms with Crippen LogP contribution in [0.5, 0.6) is 0 Å². The normalized spacial score (nSPS) is 12.8. The first-order valence-electron chi connectivity index (χ1n) is 6.20. The minimum absolute atomic E-state index is 0.305. The van der Waals surface area contributed by atoms with Crippen LogP contribution in [0.15, 0.2) is 36.4 Å². The van der Waals surface area contributed by atoms with Gasteiger partial charge in [0.15, 0.2) is 5.82 Å². The van der Waals surface area contributed by atoms with Gasteiger partial charge in [-0.25, -0.2) is 9.97 Å². The van der Waals surface area contributed by atoms with Crippen molar-refractivity contribution >= 4 is 33.2 Å². The molecule has 0 spiro atoms. The molecule has 0 fully saturated rings. The third-order valence-electron chi connectivity index (χ3n) is 3.06. The summed E-state index contributed by atoms with van der Waals surface area (Å²) in [5.41, 5.74) is 1.01. The number of benzene rings is 1. The first kappa shape index (κ1) is 13.5. The summed E-state index contributed by atoms with van der Waals surface area (Å²) in [5.74, 6) is 0.595. The maximum absolute atomic E-state index is 6.26. The summed E-state index contributed by atoms with van der Waals surface area (Å²) >= 11 is 7.88. The van der Waals surface area contributed by atoms with Gasteiger partial charge < -0.3 is 4.74 Å². The summed E-state index contributed by atoms with van der Waals surface area (Å²) in [6, 6.07) is 11.9. The molecule has 0 N–H and O–H groups in total. The molecule has 1 aromatic carbocycles. The van der Waals surface area contributed by atoms with Crippen molar-refractivity contribution in [1.82, 2.24) is 9.97 Å². The van der Waals surface area contributed by atoms with Gasteiger partial charge in [0.2, 0.25) is 0 Å². The number of ether oxygens (including phenoxy) is 1. The molecule has 0 saturated carbocycles. The van der Waals surface area contributed by atoms with Gasteiger partial charge in [-0.3, -0.25) is 0 Å². The maximum atomic E-state index is 6.26. The van der Waals surface area contributed by atoms with Gasteiger partial charge in [0, 0.05) is 17.4 Å². The lowest BCUT2D eigenvalue weighted by molar-refractivity contribution is 0.129. The van der Waals surface area contributed by atoms with E-state index in [1.165, 1.54) is 4.88 Å². The number of nitrogens with zero attached hydrogens (tertiary/aromatic N) is 2. The van der Waals surface area contributed by atoms with E-state index in [4.69, 9.17) is 16.3 Å². The fourth-order valence-electron chi connectivity index (χ4n) is 2.16. The fraction of sp³-hybridized carbons (Fsp3) is 0.200. The molecule has 0 aliphatic rings. The summed E-state index contributed by atoms with van der Waals surface area (Å²) in [6.45, 7) is 2.04. The van der Waals surface area contributed by atoms with Crippen LogP contribution in [0.4, 0.5) is 0 Å². The van der Waals surface area contributed by atoms with E-state index in [1.807, 2.05) is 43.3 Å². The Hall–Kier alpha value is -1.49. The van der Waals surface area contributed by atoms with Gasteiger partial charge in [0.1, 0.15) is 16.1 Å². The molecule has 0 aliphatic carbocycles. The highest BCUT2D eigenvalue weighted by molar-refractivity contribution is 7.18. The number of hydrogen-bond acceptors (Lipinski definition) is 4. The Labute approximate surface area is 126 Å². The van der Waals surface area contributed by atoms with Crippen molar-refractivity contribution in [1.29, 1.82) is 0 Å². The molecule has 5 heteroatoms. The van der Waals surface area contributed by atoms with Crippen LogP contribution in [0, 0.1) is 6.92 Å². The van der Waals surface area contributed by atoms with Crippen LogP contribution < -0.4 is 0 Å². The first-order valence-corrected chi connectivity index (χ1v) is 7.40. The van der Waals surface area contributed by atoms with Gasteiger partial charge in [-0.05, 0) is 18.6 Å². The van der Waals surface area contributed by atoms with E-state index in [2.05, 4.69) is 9.97 Å². The maximum Gasteiger partial charge on any atom is 0.165 e. The second kappa shape index (κ2) is 5.48. The third kappa shape index (κ3) is 2.42. The molecule has 0 radical (unpaired) electrons. The Morgan fingerprint density at radius 1 is 1.20 bits per heavy atom. The van der Waals surface area contributed by atoms with Gasteiger partial charge in [0.25, 0.3) is 0 Å². The van der Waals surface area contributed by atoms with E-state index in [9.17, 15) is 0 Å². The average molecular weight is 305 g/mol. The van der Waals surface area contributed by atoms with E-state index in [1.54, 1.807) is 18.4 Å². The van der Waals surface area contributed by atoms with Crippen LogP contribution in [0.3, 0.4) is 0 Å². The summed E-state index contributed by atoms with van der Waals surface area (Å²) in [6.07, 6.45) is -0.305. The molecule has 0 aliphatic heterocycles. The van der Waals surface area contributed by atoms with Crippen molar-refractivity contribution in [2.45, 2.75) is 13.0 Å². The molecule has 1 unspecified atom stereocenters. The summed E-state index contributed by atoms with van der Waals surface area (Å²) in [7, 11) is 1.65. The van der Waals surface area contributed by atoms with E-state index in [-0.39, 0.29) is 6.10 Å². The van der Waals surface area contributed by atoms with E-state index < -0.39 is 0 Å². The summed E-state index contributed by atoms with van der Waals surface area (Å²) in [4.78, 5) is 11.1. The highest BCUT2D eigenvalue weighted by atomic mass is 35.5. The summed E-state index contributed by atoms with van der Waals surface area (Å²) < 4.78 is 5.55. The van der Waals surface area contributed by atoms with Crippen LogP contribution >= 0.6 is 22.9 Å². The minimum atomic E-state index is -0.305. The first-order chi connectivity index (χ1) is 9.69.